The Morgan fingerprint density at radius 3 is 2.26 bits per heavy atom. The van der Waals surface area contributed by atoms with E-state index in [2.05, 4.69) is 10.2 Å². The molecule has 2 heterocycles. The van der Waals surface area contributed by atoms with E-state index >= 15 is 0 Å². The van der Waals surface area contributed by atoms with E-state index in [0.29, 0.717) is 32.8 Å². The van der Waals surface area contributed by atoms with Gasteiger partial charge in [-0.05, 0) is 44.0 Å². The van der Waals surface area contributed by atoms with Crippen LogP contribution in [0.1, 0.15) is 19.8 Å². The summed E-state index contributed by atoms with van der Waals surface area (Å²) in [4.78, 5) is 30.1. The van der Waals surface area contributed by atoms with Crippen LogP contribution in [0.25, 0.3) is 0 Å². The molecule has 0 spiro atoms. The van der Waals surface area contributed by atoms with Crippen molar-refractivity contribution >= 4 is 29.4 Å². The van der Waals surface area contributed by atoms with E-state index in [-0.39, 0.29) is 18.2 Å². The molecule has 7 nitrogen and oxygen atoms in total. The molecular weight excluding hydrogens is 368 g/mol. The minimum Gasteiger partial charge on any atom is -0.450 e. The number of carbonyl (C=O) groups is 2. The summed E-state index contributed by atoms with van der Waals surface area (Å²) in [5.74, 6) is 0. The van der Waals surface area contributed by atoms with Crippen molar-refractivity contribution in [1.29, 1.82) is 0 Å². The molecule has 0 saturated carbocycles. The van der Waals surface area contributed by atoms with Gasteiger partial charge in [0.25, 0.3) is 0 Å². The highest BCUT2D eigenvalue weighted by atomic mass is 35.5. The zero-order valence-corrected chi connectivity index (χ0v) is 16.5. The summed E-state index contributed by atoms with van der Waals surface area (Å²) in [7, 11) is 0. The number of nitrogens with zero attached hydrogens (tertiary/aromatic N) is 3. The first-order chi connectivity index (χ1) is 13.1. The van der Waals surface area contributed by atoms with Crippen molar-refractivity contribution in [2.24, 2.45) is 0 Å². The van der Waals surface area contributed by atoms with Crippen molar-refractivity contribution in [2.75, 3.05) is 50.8 Å². The second kappa shape index (κ2) is 9.17. The normalized spacial score (nSPS) is 18.4. The first-order valence-electron chi connectivity index (χ1n) is 9.54. The minimum atomic E-state index is -0.263. The quantitative estimate of drug-likeness (QED) is 0.856. The van der Waals surface area contributed by atoms with Gasteiger partial charge in [0.1, 0.15) is 0 Å². The van der Waals surface area contributed by atoms with Crippen molar-refractivity contribution in [3.8, 4) is 0 Å². The van der Waals surface area contributed by atoms with Crippen LogP contribution in [-0.2, 0) is 4.74 Å². The summed E-state index contributed by atoms with van der Waals surface area (Å²) < 4.78 is 5.03. The van der Waals surface area contributed by atoms with E-state index in [4.69, 9.17) is 16.3 Å². The number of hydrogen-bond acceptors (Lipinski definition) is 4. The number of benzene rings is 1. The molecule has 1 N–H and O–H groups in total. The average Bonchev–Trinajstić information content (AvgIpc) is 2.69. The summed E-state index contributed by atoms with van der Waals surface area (Å²) in [6.07, 6.45) is 1.26. The summed E-state index contributed by atoms with van der Waals surface area (Å²) in [6, 6.07) is 7.89. The van der Waals surface area contributed by atoms with Gasteiger partial charge in [-0.15, -0.1) is 0 Å². The second-order valence-corrected chi connectivity index (χ2v) is 7.30. The number of rotatable bonds is 3. The number of nitrogens with one attached hydrogen (secondary N) is 1. The standard InChI is InChI=1S/C19H27ClN4O3/c1-2-27-19(26)24-9-7-16(8-10-24)21-18(25)23-13-11-22(12-14-23)17-5-3-15(20)4-6-17/h3-6,16H,2,7-14H2,1H3,(H,21,25). The van der Waals surface area contributed by atoms with Crippen LogP contribution in [-0.4, -0.2) is 73.8 Å². The van der Waals surface area contributed by atoms with Crippen LogP contribution >= 0.6 is 11.6 Å². The zero-order valence-electron chi connectivity index (χ0n) is 15.7. The maximum atomic E-state index is 12.5. The largest absolute Gasteiger partial charge is 0.450 e. The molecule has 1 aromatic carbocycles. The highest BCUT2D eigenvalue weighted by molar-refractivity contribution is 6.30. The molecule has 148 valence electrons. The lowest BCUT2D eigenvalue weighted by atomic mass is 10.1. The van der Waals surface area contributed by atoms with Crippen LogP contribution in [0.15, 0.2) is 24.3 Å². The Bertz CT molecular complexity index is 639. The monoisotopic (exact) mass is 394 g/mol. The average molecular weight is 395 g/mol. The lowest BCUT2D eigenvalue weighted by Crippen LogP contribution is -2.55. The Morgan fingerprint density at radius 1 is 1.04 bits per heavy atom. The van der Waals surface area contributed by atoms with Gasteiger partial charge in [-0.1, -0.05) is 11.6 Å². The predicted molar refractivity (Wildman–Crippen MR) is 105 cm³/mol. The molecule has 0 atom stereocenters. The lowest BCUT2D eigenvalue weighted by molar-refractivity contribution is 0.0950. The summed E-state index contributed by atoms with van der Waals surface area (Å²) >= 11 is 5.94. The van der Waals surface area contributed by atoms with E-state index in [1.807, 2.05) is 29.2 Å². The molecule has 8 heteroatoms. The molecule has 3 amide bonds. The number of likely N-dealkylation sites (tertiary alicyclic amines) is 1. The number of piperazine rings is 1. The first-order valence-corrected chi connectivity index (χ1v) is 9.92. The van der Waals surface area contributed by atoms with E-state index in [0.717, 1.165) is 36.6 Å². The van der Waals surface area contributed by atoms with E-state index in [1.165, 1.54) is 0 Å². The number of hydrogen-bond donors (Lipinski definition) is 1. The fourth-order valence-corrected chi connectivity index (χ4v) is 3.63. The van der Waals surface area contributed by atoms with Gasteiger partial charge in [0.15, 0.2) is 0 Å². The number of amides is 3. The summed E-state index contributed by atoms with van der Waals surface area (Å²) in [5, 5.41) is 3.84. The van der Waals surface area contributed by atoms with Gasteiger partial charge < -0.3 is 24.8 Å². The number of halogens is 1. The number of carbonyl (C=O) groups excluding carboxylic acids is 2. The Morgan fingerprint density at radius 2 is 1.67 bits per heavy atom. The molecule has 27 heavy (non-hydrogen) atoms. The molecule has 0 radical (unpaired) electrons. The van der Waals surface area contributed by atoms with Crippen LogP contribution < -0.4 is 10.2 Å². The van der Waals surface area contributed by atoms with Gasteiger partial charge in [-0.3, -0.25) is 0 Å². The first kappa shape index (κ1) is 19.6. The van der Waals surface area contributed by atoms with Crippen LogP contribution in [0.3, 0.4) is 0 Å². The Hall–Kier alpha value is -2.15. The second-order valence-electron chi connectivity index (χ2n) is 6.86. The maximum Gasteiger partial charge on any atom is 0.409 e. The summed E-state index contributed by atoms with van der Waals surface area (Å²) in [6.45, 7) is 6.41. The van der Waals surface area contributed by atoms with Crippen LogP contribution in [0.2, 0.25) is 5.02 Å². The molecule has 2 fully saturated rings. The van der Waals surface area contributed by atoms with Crippen molar-refractivity contribution < 1.29 is 14.3 Å². The number of piperidine rings is 1. The third kappa shape index (κ3) is 5.19. The third-order valence-electron chi connectivity index (χ3n) is 5.11. The predicted octanol–water partition coefficient (Wildman–Crippen LogP) is 2.79. The van der Waals surface area contributed by atoms with Crippen molar-refractivity contribution in [2.45, 2.75) is 25.8 Å². The van der Waals surface area contributed by atoms with Gasteiger partial charge in [-0.2, -0.15) is 0 Å². The molecule has 2 saturated heterocycles. The fourth-order valence-electron chi connectivity index (χ4n) is 3.51. The Kier molecular flexibility index (Phi) is 6.66. The number of urea groups is 1. The van der Waals surface area contributed by atoms with Gasteiger partial charge in [-0.25, -0.2) is 9.59 Å². The third-order valence-corrected chi connectivity index (χ3v) is 5.36. The highest BCUT2D eigenvalue weighted by Gasteiger charge is 2.27. The Labute approximate surface area is 165 Å². The van der Waals surface area contributed by atoms with Crippen molar-refractivity contribution in [1.82, 2.24) is 15.1 Å². The molecule has 0 aromatic heterocycles. The molecule has 3 rings (SSSR count). The van der Waals surface area contributed by atoms with Crippen LogP contribution in [0, 0.1) is 0 Å². The molecule has 1 aromatic rings. The lowest BCUT2D eigenvalue weighted by Gasteiger charge is -2.38. The van der Waals surface area contributed by atoms with Crippen LogP contribution in [0.4, 0.5) is 15.3 Å². The SMILES string of the molecule is CCOC(=O)N1CCC(NC(=O)N2CCN(c3ccc(Cl)cc3)CC2)CC1. The minimum absolute atomic E-state index is 0.0136. The molecule has 2 aliphatic heterocycles. The maximum absolute atomic E-state index is 12.5. The number of anilines is 1. The van der Waals surface area contributed by atoms with E-state index in [9.17, 15) is 9.59 Å². The molecule has 2 aliphatic rings. The van der Waals surface area contributed by atoms with Crippen molar-refractivity contribution in [3.05, 3.63) is 29.3 Å². The number of ether oxygens (including phenoxy) is 1. The molecule has 0 unspecified atom stereocenters. The van der Waals surface area contributed by atoms with Crippen molar-refractivity contribution in [3.63, 3.8) is 0 Å². The zero-order chi connectivity index (χ0) is 19.2. The van der Waals surface area contributed by atoms with Gasteiger partial charge in [0, 0.05) is 56.0 Å². The topological polar surface area (TPSA) is 65.1 Å². The molecular formula is C19H27ClN4O3. The van der Waals surface area contributed by atoms with E-state index < -0.39 is 0 Å². The highest BCUT2D eigenvalue weighted by Crippen LogP contribution is 2.19. The van der Waals surface area contributed by atoms with Crippen LogP contribution in [0.5, 0.6) is 0 Å². The van der Waals surface area contributed by atoms with Gasteiger partial charge in [0.05, 0.1) is 6.61 Å². The molecule has 0 bridgehead atoms. The van der Waals surface area contributed by atoms with Gasteiger partial charge >= 0.3 is 12.1 Å². The molecule has 0 aliphatic carbocycles. The fraction of sp³-hybridized carbons (Fsp3) is 0.579. The van der Waals surface area contributed by atoms with E-state index in [1.54, 1.807) is 11.8 Å². The van der Waals surface area contributed by atoms with Gasteiger partial charge in [0.2, 0.25) is 0 Å². The smallest absolute Gasteiger partial charge is 0.409 e. The Balaban J connectivity index is 1.41. The summed E-state index contributed by atoms with van der Waals surface area (Å²) in [5.41, 5.74) is 1.13.